The van der Waals surface area contributed by atoms with E-state index in [1.54, 1.807) is 0 Å². The van der Waals surface area contributed by atoms with Crippen molar-refractivity contribution < 1.29 is 14.7 Å². The molecule has 2 aromatic heterocycles. The summed E-state index contributed by atoms with van der Waals surface area (Å²) in [4.78, 5) is 23.8. The van der Waals surface area contributed by atoms with Gasteiger partial charge in [-0.3, -0.25) is 0 Å². The highest BCUT2D eigenvalue weighted by molar-refractivity contribution is 5.91. The van der Waals surface area contributed by atoms with Crippen molar-refractivity contribution in [2.45, 2.75) is 51.2 Å². The standard InChI is InChI=1S/C15H21N3O.CO2/c1-2-10-9-17-15-13(6-7-16-15)14(10)18-11-4-3-5-12(19)8-11;2-1-3/h6-7,9,11-12,19H,2-5,8H2,1H3,(H2,16,17,18);/t11-,12-;/m0./s1. The Morgan fingerprint density at radius 3 is 2.91 bits per heavy atom. The van der Waals surface area contributed by atoms with E-state index in [0.29, 0.717) is 6.04 Å². The third-order valence-corrected chi connectivity index (χ3v) is 4.04. The summed E-state index contributed by atoms with van der Waals surface area (Å²) in [5.74, 6) is 0. The maximum absolute atomic E-state index is 9.80. The lowest BCUT2D eigenvalue weighted by atomic mass is 9.92. The predicted molar refractivity (Wildman–Crippen MR) is 82.4 cm³/mol. The summed E-state index contributed by atoms with van der Waals surface area (Å²) < 4.78 is 0. The zero-order valence-electron chi connectivity index (χ0n) is 12.6. The highest BCUT2D eigenvalue weighted by atomic mass is 16.3. The number of nitrogens with zero attached hydrogens (tertiary/aromatic N) is 1. The van der Waals surface area contributed by atoms with Crippen LogP contribution in [-0.2, 0) is 16.0 Å². The van der Waals surface area contributed by atoms with Crippen molar-refractivity contribution in [3.8, 4) is 0 Å². The number of aliphatic hydroxyl groups excluding tert-OH is 1. The van der Waals surface area contributed by atoms with E-state index >= 15 is 0 Å². The zero-order valence-corrected chi connectivity index (χ0v) is 12.6. The van der Waals surface area contributed by atoms with Crippen molar-refractivity contribution in [3.05, 3.63) is 24.0 Å². The fourth-order valence-electron chi connectivity index (χ4n) is 2.99. The molecule has 0 bridgehead atoms. The normalized spacial score (nSPS) is 20.8. The number of H-pyrrole nitrogens is 1. The lowest BCUT2D eigenvalue weighted by Gasteiger charge is -2.28. The first kappa shape index (κ1) is 16.2. The molecule has 2 atom stereocenters. The van der Waals surface area contributed by atoms with Crippen LogP contribution in [0.1, 0.15) is 38.2 Å². The average Bonchev–Trinajstić information content (AvgIpc) is 2.97. The molecule has 0 unspecified atom stereocenters. The highest BCUT2D eigenvalue weighted by Gasteiger charge is 2.21. The van der Waals surface area contributed by atoms with E-state index in [2.05, 4.69) is 28.3 Å². The van der Waals surface area contributed by atoms with Gasteiger partial charge in [-0.05, 0) is 43.7 Å². The number of nitrogens with one attached hydrogen (secondary N) is 2. The minimum absolute atomic E-state index is 0.153. The first-order valence-corrected chi connectivity index (χ1v) is 7.58. The predicted octanol–water partition coefficient (Wildman–Crippen LogP) is 2.26. The molecule has 2 heterocycles. The van der Waals surface area contributed by atoms with Gasteiger partial charge >= 0.3 is 6.15 Å². The van der Waals surface area contributed by atoms with Crippen molar-refractivity contribution in [2.75, 3.05) is 5.32 Å². The topological polar surface area (TPSA) is 95.1 Å². The summed E-state index contributed by atoms with van der Waals surface area (Å²) >= 11 is 0. The van der Waals surface area contributed by atoms with Crippen LogP contribution in [0.5, 0.6) is 0 Å². The Hall–Kier alpha value is -2.17. The molecule has 6 heteroatoms. The fraction of sp³-hybridized carbons (Fsp3) is 0.500. The number of hydrogen-bond acceptors (Lipinski definition) is 5. The number of rotatable bonds is 3. The second-order valence-electron chi connectivity index (χ2n) is 5.50. The molecule has 3 rings (SSSR count). The third kappa shape index (κ3) is 3.72. The maximum atomic E-state index is 9.80. The molecule has 1 fully saturated rings. The molecule has 1 aliphatic carbocycles. The number of aryl methyl sites for hydroxylation is 1. The Kier molecular flexibility index (Phi) is 5.69. The largest absolute Gasteiger partial charge is 0.393 e. The van der Waals surface area contributed by atoms with Crippen LogP contribution >= 0.6 is 0 Å². The van der Waals surface area contributed by atoms with Crippen molar-refractivity contribution >= 4 is 22.9 Å². The van der Waals surface area contributed by atoms with Crippen LogP contribution in [0, 0.1) is 0 Å². The van der Waals surface area contributed by atoms with Gasteiger partial charge in [0.25, 0.3) is 0 Å². The van der Waals surface area contributed by atoms with Crippen LogP contribution in [-0.4, -0.2) is 33.4 Å². The van der Waals surface area contributed by atoms with Gasteiger partial charge in [-0.1, -0.05) is 6.92 Å². The molecule has 3 N–H and O–H groups in total. The Morgan fingerprint density at radius 2 is 2.23 bits per heavy atom. The summed E-state index contributed by atoms with van der Waals surface area (Å²) in [6.45, 7) is 2.15. The number of hydrogen-bond donors (Lipinski definition) is 3. The van der Waals surface area contributed by atoms with E-state index in [1.165, 1.54) is 11.3 Å². The van der Waals surface area contributed by atoms with E-state index in [9.17, 15) is 5.11 Å². The van der Waals surface area contributed by atoms with Crippen molar-refractivity contribution in [2.24, 2.45) is 0 Å². The first-order chi connectivity index (χ1) is 10.7. The molecule has 0 amide bonds. The smallest absolute Gasteiger partial charge is 0.373 e. The molecule has 0 saturated heterocycles. The molecular formula is C16H21N3O3. The van der Waals surface area contributed by atoms with Gasteiger partial charge in [0.1, 0.15) is 5.65 Å². The first-order valence-electron chi connectivity index (χ1n) is 7.58. The molecule has 1 saturated carbocycles. The van der Waals surface area contributed by atoms with Gasteiger partial charge in [-0.2, -0.15) is 9.59 Å². The van der Waals surface area contributed by atoms with Crippen LogP contribution in [0.15, 0.2) is 18.5 Å². The van der Waals surface area contributed by atoms with Crippen LogP contribution in [0.2, 0.25) is 0 Å². The van der Waals surface area contributed by atoms with Crippen molar-refractivity contribution in [3.63, 3.8) is 0 Å². The number of pyridine rings is 1. The average molecular weight is 303 g/mol. The van der Waals surface area contributed by atoms with Crippen molar-refractivity contribution in [1.29, 1.82) is 0 Å². The zero-order chi connectivity index (χ0) is 15.9. The Bertz CT molecular complexity index is 647. The molecule has 118 valence electrons. The Morgan fingerprint density at radius 1 is 1.45 bits per heavy atom. The van der Waals surface area contributed by atoms with Gasteiger partial charge in [0.05, 0.1) is 11.8 Å². The summed E-state index contributed by atoms with van der Waals surface area (Å²) in [6, 6.07) is 2.44. The van der Waals surface area contributed by atoms with E-state index in [4.69, 9.17) is 9.59 Å². The van der Waals surface area contributed by atoms with Gasteiger partial charge in [0.15, 0.2) is 0 Å². The Labute approximate surface area is 128 Å². The van der Waals surface area contributed by atoms with Gasteiger partial charge in [0.2, 0.25) is 0 Å². The fourth-order valence-corrected chi connectivity index (χ4v) is 2.99. The number of anilines is 1. The van der Waals surface area contributed by atoms with Crippen LogP contribution < -0.4 is 5.32 Å². The summed E-state index contributed by atoms with van der Waals surface area (Å²) in [6.07, 6.45) is 8.95. The van der Waals surface area contributed by atoms with Gasteiger partial charge in [-0.15, -0.1) is 0 Å². The van der Waals surface area contributed by atoms with Gasteiger partial charge in [0, 0.05) is 23.8 Å². The maximum Gasteiger partial charge on any atom is 0.373 e. The SMILES string of the molecule is CCc1cnc2[nH]ccc2c1N[C@H]1CCC[C@H](O)C1.O=C=O. The summed E-state index contributed by atoms with van der Waals surface area (Å²) in [5.41, 5.74) is 3.36. The number of carbonyl (C=O) groups excluding carboxylic acids is 2. The number of aromatic amines is 1. The van der Waals surface area contributed by atoms with E-state index in [-0.39, 0.29) is 12.3 Å². The lowest BCUT2D eigenvalue weighted by molar-refractivity contribution is -0.191. The third-order valence-electron chi connectivity index (χ3n) is 4.04. The lowest BCUT2D eigenvalue weighted by Crippen LogP contribution is -2.30. The molecule has 0 aliphatic heterocycles. The van der Waals surface area contributed by atoms with E-state index in [1.807, 2.05) is 12.4 Å². The minimum atomic E-state index is -0.153. The van der Waals surface area contributed by atoms with E-state index < -0.39 is 0 Å². The van der Waals surface area contributed by atoms with Crippen molar-refractivity contribution in [1.82, 2.24) is 9.97 Å². The second-order valence-corrected chi connectivity index (χ2v) is 5.50. The van der Waals surface area contributed by atoms with E-state index in [0.717, 1.165) is 43.1 Å². The second kappa shape index (κ2) is 7.73. The minimum Gasteiger partial charge on any atom is -0.393 e. The molecular weight excluding hydrogens is 282 g/mol. The monoisotopic (exact) mass is 303 g/mol. The molecule has 0 spiro atoms. The summed E-state index contributed by atoms with van der Waals surface area (Å²) in [5, 5.41) is 14.6. The van der Waals surface area contributed by atoms with Gasteiger partial charge in [-0.25, -0.2) is 4.98 Å². The highest BCUT2D eigenvalue weighted by Crippen LogP contribution is 2.29. The van der Waals surface area contributed by atoms with Crippen LogP contribution in [0.3, 0.4) is 0 Å². The molecule has 1 aliphatic rings. The number of fused-ring (bicyclic) bond motifs is 1. The van der Waals surface area contributed by atoms with Gasteiger partial charge < -0.3 is 15.4 Å². The van der Waals surface area contributed by atoms with Crippen LogP contribution in [0.25, 0.3) is 11.0 Å². The molecule has 2 aromatic rings. The molecule has 22 heavy (non-hydrogen) atoms. The molecule has 0 radical (unpaired) electrons. The van der Waals surface area contributed by atoms with Crippen LogP contribution in [0.4, 0.5) is 5.69 Å². The molecule has 0 aromatic carbocycles. The Balaban J connectivity index is 0.000000545. The number of aromatic nitrogens is 2. The quantitative estimate of drug-likeness (QED) is 0.808. The molecule has 6 nitrogen and oxygen atoms in total. The number of aliphatic hydroxyl groups is 1. The summed E-state index contributed by atoms with van der Waals surface area (Å²) in [7, 11) is 0.